The van der Waals surface area contributed by atoms with Crippen molar-refractivity contribution in [2.45, 2.75) is 44.7 Å². The summed E-state index contributed by atoms with van der Waals surface area (Å²) < 4.78 is 2.24. The van der Waals surface area contributed by atoms with Crippen LogP contribution >= 0.6 is 0 Å². The van der Waals surface area contributed by atoms with E-state index in [1.54, 1.807) is 0 Å². The highest BCUT2D eigenvalue weighted by Crippen LogP contribution is 2.45. The molecule has 0 spiro atoms. The molecule has 2 aromatic rings. The highest BCUT2D eigenvalue weighted by Gasteiger charge is 2.42. The monoisotopic (exact) mass is 269 g/mol. The van der Waals surface area contributed by atoms with Crippen molar-refractivity contribution in [3.63, 3.8) is 0 Å². The van der Waals surface area contributed by atoms with Crippen molar-refractivity contribution in [3.8, 4) is 0 Å². The van der Waals surface area contributed by atoms with Crippen LogP contribution in [0, 0.1) is 11.8 Å². The van der Waals surface area contributed by atoms with Crippen LogP contribution in [0.2, 0.25) is 0 Å². The lowest BCUT2D eigenvalue weighted by atomic mass is 10.1. The second-order valence-electron chi connectivity index (χ2n) is 6.61. The van der Waals surface area contributed by atoms with Gasteiger partial charge in [0.25, 0.3) is 0 Å². The fourth-order valence-corrected chi connectivity index (χ4v) is 3.48. The van der Waals surface area contributed by atoms with Gasteiger partial charge in [0.2, 0.25) is 0 Å². The Hall–Kier alpha value is -1.35. The maximum absolute atomic E-state index is 4.83. The molecule has 4 rings (SSSR count). The molecule has 1 N–H and O–H groups in total. The molecule has 1 aromatic heterocycles. The van der Waals surface area contributed by atoms with Crippen molar-refractivity contribution in [1.29, 1.82) is 0 Å². The van der Waals surface area contributed by atoms with E-state index in [1.807, 2.05) is 0 Å². The first kappa shape index (κ1) is 12.4. The molecular weight excluding hydrogens is 246 g/mol. The maximum atomic E-state index is 4.83. The van der Waals surface area contributed by atoms with Crippen LogP contribution < -0.4 is 5.32 Å². The summed E-state index contributed by atoms with van der Waals surface area (Å²) in [6, 6.07) is 9.46. The number of fused-ring (bicyclic) bond motifs is 1. The number of para-hydroxylation sites is 2. The van der Waals surface area contributed by atoms with E-state index >= 15 is 0 Å². The molecule has 0 aliphatic heterocycles. The predicted molar refractivity (Wildman–Crippen MR) is 81.5 cm³/mol. The molecule has 0 bridgehead atoms. The molecule has 2 saturated carbocycles. The van der Waals surface area contributed by atoms with Gasteiger partial charge in [-0.2, -0.15) is 0 Å². The summed E-state index contributed by atoms with van der Waals surface area (Å²) in [5, 5.41) is 3.88. The minimum absolute atomic E-state index is 0.332. The van der Waals surface area contributed by atoms with Gasteiger partial charge in [0, 0.05) is 13.1 Å². The molecule has 20 heavy (non-hydrogen) atoms. The summed E-state index contributed by atoms with van der Waals surface area (Å²) in [6.45, 7) is 2.26. The molecule has 1 unspecified atom stereocenters. The lowest BCUT2D eigenvalue weighted by Crippen LogP contribution is -2.36. The number of aryl methyl sites for hydroxylation is 1. The Morgan fingerprint density at radius 1 is 1.15 bits per heavy atom. The fraction of sp³-hybridized carbons (Fsp3) is 0.588. The standard InChI is InChI=1S/C17H23N3/c1-11(18-16(12-7-8-12)13-9-10-13)17-19-14-5-3-4-6-15(14)20(17)2/h3-6,11-13,16,18H,7-10H2,1-2H3. The summed E-state index contributed by atoms with van der Waals surface area (Å²) in [7, 11) is 2.13. The van der Waals surface area contributed by atoms with Crippen LogP contribution in [-0.4, -0.2) is 15.6 Å². The smallest absolute Gasteiger partial charge is 0.126 e. The van der Waals surface area contributed by atoms with E-state index in [-0.39, 0.29) is 0 Å². The van der Waals surface area contributed by atoms with E-state index in [0.29, 0.717) is 6.04 Å². The number of benzene rings is 1. The maximum Gasteiger partial charge on any atom is 0.126 e. The van der Waals surface area contributed by atoms with Crippen molar-refractivity contribution >= 4 is 11.0 Å². The first-order valence-electron chi connectivity index (χ1n) is 7.91. The van der Waals surface area contributed by atoms with Crippen molar-refractivity contribution in [2.24, 2.45) is 18.9 Å². The average Bonchev–Trinajstić information content (AvgIpc) is 3.35. The molecular formula is C17H23N3. The Labute approximate surface area is 120 Å². The van der Waals surface area contributed by atoms with Crippen LogP contribution in [0.25, 0.3) is 11.0 Å². The Morgan fingerprint density at radius 3 is 2.40 bits per heavy atom. The molecule has 0 amide bonds. The highest BCUT2D eigenvalue weighted by molar-refractivity contribution is 5.75. The van der Waals surface area contributed by atoms with Crippen molar-refractivity contribution in [3.05, 3.63) is 30.1 Å². The van der Waals surface area contributed by atoms with Crippen molar-refractivity contribution in [1.82, 2.24) is 14.9 Å². The molecule has 0 radical (unpaired) electrons. The number of nitrogens with zero attached hydrogens (tertiary/aromatic N) is 2. The molecule has 3 nitrogen and oxygen atoms in total. The van der Waals surface area contributed by atoms with Gasteiger partial charge in [-0.3, -0.25) is 0 Å². The van der Waals surface area contributed by atoms with Crippen molar-refractivity contribution < 1.29 is 0 Å². The Balaban J connectivity index is 1.59. The van der Waals surface area contributed by atoms with Crippen LogP contribution in [0.1, 0.15) is 44.5 Å². The number of hydrogen-bond acceptors (Lipinski definition) is 2. The lowest BCUT2D eigenvalue weighted by Gasteiger charge is -2.23. The number of hydrogen-bond donors (Lipinski definition) is 1. The average molecular weight is 269 g/mol. The van der Waals surface area contributed by atoms with Gasteiger partial charge >= 0.3 is 0 Å². The second-order valence-corrected chi connectivity index (χ2v) is 6.61. The molecule has 1 heterocycles. The first-order valence-corrected chi connectivity index (χ1v) is 7.91. The normalized spacial score (nSPS) is 20.8. The van der Waals surface area contributed by atoms with E-state index in [1.165, 1.54) is 31.2 Å². The van der Waals surface area contributed by atoms with Gasteiger partial charge in [0.05, 0.1) is 17.1 Å². The molecule has 106 valence electrons. The third-order valence-corrected chi connectivity index (χ3v) is 4.91. The van der Waals surface area contributed by atoms with Crippen LogP contribution in [0.5, 0.6) is 0 Å². The predicted octanol–water partition coefficient (Wildman–Crippen LogP) is 3.41. The number of nitrogens with one attached hydrogen (secondary N) is 1. The zero-order valence-corrected chi connectivity index (χ0v) is 12.3. The minimum atomic E-state index is 0.332. The second kappa shape index (κ2) is 4.59. The van der Waals surface area contributed by atoms with E-state index in [0.717, 1.165) is 29.2 Å². The Morgan fingerprint density at radius 2 is 1.80 bits per heavy atom. The summed E-state index contributed by atoms with van der Waals surface area (Å²) in [4.78, 5) is 4.83. The summed E-state index contributed by atoms with van der Waals surface area (Å²) in [6.07, 6.45) is 5.68. The molecule has 2 aliphatic carbocycles. The summed E-state index contributed by atoms with van der Waals surface area (Å²) >= 11 is 0. The minimum Gasteiger partial charge on any atom is -0.330 e. The van der Waals surface area contributed by atoms with Gasteiger partial charge in [-0.25, -0.2) is 4.98 Å². The Bertz CT molecular complexity index is 610. The van der Waals surface area contributed by atoms with Gasteiger partial charge < -0.3 is 9.88 Å². The first-order chi connectivity index (χ1) is 9.74. The van der Waals surface area contributed by atoms with E-state index in [9.17, 15) is 0 Å². The third-order valence-electron chi connectivity index (χ3n) is 4.91. The van der Waals surface area contributed by atoms with Crippen molar-refractivity contribution in [2.75, 3.05) is 0 Å². The molecule has 0 saturated heterocycles. The Kier molecular flexibility index (Phi) is 2.84. The molecule has 2 aliphatic rings. The molecule has 1 atom stereocenters. The van der Waals surface area contributed by atoms with Gasteiger partial charge in [0.1, 0.15) is 5.82 Å². The zero-order valence-electron chi connectivity index (χ0n) is 12.3. The number of rotatable bonds is 5. The van der Waals surface area contributed by atoms with Gasteiger partial charge in [-0.1, -0.05) is 12.1 Å². The van der Waals surface area contributed by atoms with Gasteiger partial charge in [-0.15, -0.1) is 0 Å². The molecule has 1 aromatic carbocycles. The molecule has 2 fully saturated rings. The van der Waals surface area contributed by atoms with Crippen LogP contribution in [0.15, 0.2) is 24.3 Å². The third kappa shape index (κ3) is 2.14. The summed E-state index contributed by atoms with van der Waals surface area (Å²) in [5.41, 5.74) is 2.33. The van der Waals surface area contributed by atoms with Gasteiger partial charge in [-0.05, 0) is 56.6 Å². The number of aromatic nitrogens is 2. The van der Waals surface area contributed by atoms with Gasteiger partial charge in [0.15, 0.2) is 0 Å². The van der Waals surface area contributed by atoms with Crippen LogP contribution in [0.3, 0.4) is 0 Å². The highest BCUT2D eigenvalue weighted by atomic mass is 15.1. The van der Waals surface area contributed by atoms with E-state index < -0.39 is 0 Å². The fourth-order valence-electron chi connectivity index (χ4n) is 3.48. The lowest BCUT2D eigenvalue weighted by molar-refractivity contribution is 0.367. The van der Waals surface area contributed by atoms with E-state index in [4.69, 9.17) is 4.98 Å². The quantitative estimate of drug-likeness (QED) is 0.901. The van der Waals surface area contributed by atoms with Crippen LogP contribution in [-0.2, 0) is 7.05 Å². The SMILES string of the molecule is CC(NC(C1CC1)C1CC1)c1nc2ccccc2n1C. The molecule has 3 heteroatoms. The van der Waals surface area contributed by atoms with E-state index in [2.05, 4.69) is 48.1 Å². The van der Waals surface area contributed by atoms with Crippen LogP contribution in [0.4, 0.5) is 0 Å². The summed E-state index contributed by atoms with van der Waals surface area (Å²) in [5.74, 6) is 3.02. The number of imidazole rings is 1. The largest absolute Gasteiger partial charge is 0.330 e. The topological polar surface area (TPSA) is 29.9 Å². The zero-order chi connectivity index (χ0) is 13.7.